The normalized spacial score (nSPS) is 11.2. The fraction of sp³-hybridized carbons (Fsp3) is 0. The van der Waals surface area contributed by atoms with Crippen LogP contribution in [0.15, 0.2) is 180 Å². The van der Waals surface area contributed by atoms with Crippen molar-refractivity contribution in [3.8, 4) is 45.4 Å². The van der Waals surface area contributed by atoms with E-state index in [0.717, 1.165) is 72.5 Å². The van der Waals surface area contributed by atoms with Gasteiger partial charge in [0.2, 0.25) is 11.8 Å². The first-order valence-electron chi connectivity index (χ1n) is 16.5. The zero-order valence-corrected chi connectivity index (χ0v) is 26.9. The number of hydrogen-bond acceptors (Lipinski definition) is 6. The van der Waals surface area contributed by atoms with Gasteiger partial charge in [-0.2, -0.15) is 0 Å². The van der Waals surface area contributed by atoms with Gasteiger partial charge in [-0.25, -0.2) is 9.97 Å². The van der Waals surface area contributed by atoms with Crippen LogP contribution in [0.3, 0.4) is 0 Å². The molecule has 6 heteroatoms. The van der Waals surface area contributed by atoms with Crippen LogP contribution in [0, 0.1) is 0 Å². The Balaban J connectivity index is 1.16. The highest BCUT2D eigenvalue weighted by Gasteiger charge is 2.20. The molecular formula is C44H29N5O. The van der Waals surface area contributed by atoms with Crippen molar-refractivity contribution in [2.24, 2.45) is 0 Å². The highest BCUT2D eigenvalue weighted by molar-refractivity contribution is 6.05. The van der Waals surface area contributed by atoms with E-state index in [9.17, 15) is 0 Å². The number of hydrogen-bond donors (Lipinski definition) is 0. The predicted molar refractivity (Wildman–Crippen MR) is 201 cm³/mol. The van der Waals surface area contributed by atoms with Crippen LogP contribution in [-0.2, 0) is 0 Å². The summed E-state index contributed by atoms with van der Waals surface area (Å²) < 4.78 is 6.21. The van der Waals surface area contributed by atoms with Crippen LogP contribution < -0.4 is 4.90 Å². The summed E-state index contributed by atoms with van der Waals surface area (Å²) in [6.45, 7) is 0. The van der Waals surface area contributed by atoms with Crippen LogP contribution in [0.2, 0.25) is 0 Å². The Bertz CT molecular complexity index is 2590. The molecule has 7 aromatic carbocycles. The van der Waals surface area contributed by atoms with E-state index < -0.39 is 0 Å². The molecule has 50 heavy (non-hydrogen) atoms. The van der Waals surface area contributed by atoms with Gasteiger partial charge in [-0.05, 0) is 66.0 Å². The van der Waals surface area contributed by atoms with Crippen LogP contribution >= 0.6 is 0 Å². The predicted octanol–water partition coefficient (Wildman–Crippen LogP) is 11.3. The maximum atomic E-state index is 6.21. The zero-order chi connectivity index (χ0) is 33.3. The van der Waals surface area contributed by atoms with Gasteiger partial charge in [0, 0.05) is 39.0 Å². The number of anilines is 3. The molecule has 0 spiro atoms. The summed E-state index contributed by atoms with van der Waals surface area (Å²) in [5, 5.41) is 10.9. The summed E-state index contributed by atoms with van der Waals surface area (Å²) in [7, 11) is 0. The van der Waals surface area contributed by atoms with E-state index in [1.807, 2.05) is 84.9 Å². The molecule has 0 aliphatic heterocycles. The third-order valence-corrected chi connectivity index (χ3v) is 8.85. The van der Waals surface area contributed by atoms with Gasteiger partial charge in [0.05, 0.1) is 28.1 Å². The highest BCUT2D eigenvalue weighted by Crippen LogP contribution is 2.42. The second-order valence-electron chi connectivity index (χ2n) is 11.9. The lowest BCUT2D eigenvalue weighted by atomic mass is 10.0. The highest BCUT2D eigenvalue weighted by atomic mass is 16.4. The van der Waals surface area contributed by atoms with Crippen molar-refractivity contribution in [3.63, 3.8) is 0 Å². The second kappa shape index (κ2) is 12.6. The largest absolute Gasteiger partial charge is 0.416 e. The summed E-state index contributed by atoms with van der Waals surface area (Å²) in [5.74, 6) is 0.971. The number of para-hydroxylation sites is 3. The quantitative estimate of drug-likeness (QED) is 0.172. The van der Waals surface area contributed by atoms with Crippen molar-refractivity contribution >= 4 is 38.9 Å². The molecule has 0 aliphatic carbocycles. The van der Waals surface area contributed by atoms with Gasteiger partial charge < -0.3 is 9.32 Å². The summed E-state index contributed by atoms with van der Waals surface area (Å²) in [6.07, 6.45) is 0. The lowest BCUT2D eigenvalue weighted by Gasteiger charge is -2.27. The van der Waals surface area contributed by atoms with Crippen molar-refractivity contribution < 1.29 is 4.42 Å². The Kier molecular flexibility index (Phi) is 7.37. The molecule has 0 atom stereocenters. The topological polar surface area (TPSA) is 67.9 Å². The van der Waals surface area contributed by atoms with Crippen LogP contribution in [-0.4, -0.2) is 20.2 Å². The Labute approximate surface area is 289 Å². The van der Waals surface area contributed by atoms with Crippen LogP contribution in [0.5, 0.6) is 0 Å². The molecule has 0 amide bonds. The van der Waals surface area contributed by atoms with E-state index in [0.29, 0.717) is 11.8 Å². The van der Waals surface area contributed by atoms with E-state index in [1.54, 1.807) is 0 Å². The molecule has 0 aliphatic rings. The van der Waals surface area contributed by atoms with Gasteiger partial charge >= 0.3 is 0 Å². The Hall–Kier alpha value is -6.92. The molecule has 2 heterocycles. The monoisotopic (exact) mass is 643 g/mol. The number of rotatable bonds is 7. The number of benzene rings is 7. The van der Waals surface area contributed by atoms with E-state index in [-0.39, 0.29) is 0 Å². The Morgan fingerprint density at radius 1 is 0.380 bits per heavy atom. The summed E-state index contributed by atoms with van der Waals surface area (Å²) in [5.41, 5.74) is 10.3. The molecule has 0 unspecified atom stereocenters. The molecule has 9 rings (SSSR count). The minimum Gasteiger partial charge on any atom is -0.416 e. The average molecular weight is 644 g/mol. The lowest BCUT2D eigenvalue weighted by molar-refractivity contribution is 0.585. The molecular weight excluding hydrogens is 615 g/mol. The first kappa shape index (κ1) is 29.2. The standard InChI is InChI=1S/C44H29N5O/c1-4-14-30(15-5-1)41-42(46-39-23-13-12-22-38(39)45-41)31-24-26-34(27-25-31)49(33-18-8-3-9-19-33)40-29-28-37(35-20-10-11-21-36(35)40)44-48-47-43(50-44)32-16-6-2-7-17-32/h1-29H. The first-order valence-corrected chi connectivity index (χ1v) is 16.5. The van der Waals surface area contributed by atoms with E-state index in [4.69, 9.17) is 14.4 Å². The van der Waals surface area contributed by atoms with Crippen LogP contribution in [0.4, 0.5) is 17.1 Å². The molecule has 0 fully saturated rings. The number of fused-ring (bicyclic) bond motifs is 2. The SMILES string of the molecule is c1ccc(-c2nnc(-c3ccc(N(c4ccccc4)c4ccc(-c5nc6ccccc6nc5-c5ccccc5)cc4)c4ccccc34)o2)cc1. The molecule has 9 aromatic rings. The van der Waals surface area contributed by atoms with Gasteiger partial charge in [-0.1, -0.05) is 115 Å². The fourth-order valence-corrected chi connectivity index (χ4v) is 6.47. The molecule has 0 saturated heterocycles. The van der Waals surface area contributed by atoms with Crippen LogP contribution in [0.25, 0.3) is 67.2 Å². The average Bonchev–Trinajstić information content (AvgIpc) is 3.69. The second-order valence-corrected chi connectivity index (χ2v) is 11.9. The van der Waals surface area contributed by atoms with Crippen molar-refractivity contribution in [1.82, 2.24) is 20.2 Å². The summed E-state index contributed by atoms with van der Waals surface area (Å²) in [4.78, 5) is 12.5. The van der Waals surface area contributed by atoms with Crippen LogP contribution in [0.1, 0.15) is 0 Å². The lowest BCUT2D eigenvalue weighted by Crippen LogP contribution is -2.10. The zero-order valence-electron chi connectivity index (χ0n) is 26.9. The molecule has 0 radical (unpaired) electrons. The maximum Gasteiger partial charge on any atom is 0.248 e. The van der Waals surface area contributed by atoms with Crippen molar-refractivity contribution in [3.05, 3.63) is 176 Å². The van der Waals surface area contributed by atoms with E-state index in [1.165, 1.54) is 0 Å². The summed E-state index contributed by atoms with van der Waals surface area (Å²) in [6, 6.07) is 59.7. The molecule has 236 valence electrons. The van der Waals surface area contributed by atoms with Crippen molar-refractivity contribution in [1.29, 1.82) is 0 Å². The molecule has 6 nitrogen and oxygen atoms in total. The van der Waals surface area contributed by atoms with Gasteiger partial charge in [-0.15, -0.1) is 10.2 Å². The van der Waals surface area contributed by atoms with Gasteiger partial charge in [0.1, 0.15) is 0 Å². The number of nitrogens with zero attached hydrogens (tertiary/aromatic N) is 5. The van der Waals surface area contributed by atoms with E-state index >= 15 is 0 Å². The molecule has 2 aromatic heterocycles. The smallest absolute Gasteiger partial charge is 0.248 e. The first-order chi connectivity index (χ1) is 24.8. The minimum atomic E-state index is 0.480. The maximum absolute atomic E-state index is 6.21. The van der Waals surface area contributed by atoms with Crippen molar-refractivity contribution in [2.45, 2.75) is 0 Å². The molecule has 0 N–H and O–H groups in total. The minimum absolute atomic E-state index is 0.480. The molecule has 0 bridgehead atoms. The summed E-state index contributed by atoms with van der Waals surface area (Å²) >= 11 is 0. The molecule has 0 saturated carbocycles. The van der Waals surface area contributed by atoms with Gasteiger partial charge in [-0.3, -0.25) is 0 Å². The number of aromatic nitrogens is 4. The fourth-order valence-electron chi connectivity index (χ4n) is 6.47. The third kappa shape index (κ3) is 5.35. The Morgan fingerprint density at radius 3 is 1.54 bits per heavy atom. The third-order valence-electron chi connectivity index (χ3n) is 8.85. The van der Waals surface area contributed by atoms with Gasteiger partial charge in [0.15, 0.2) is 0 Å². The van der Waals surface area contributed by atoms with Gasteiger partial charge in [0.25, 0.3) is 0 Å². The van der Waals surface area contributed by atoms with Crippen molar-refractivity contribution in [2.75, 3.05) is 4.90 Å². The Morgan fingerprint density at radius 2 is 0.880 bits per heavy atom. The van der Waals surface area contributed by atoms with E-state index in [2.05, 4.69) is 106 Å².